The summed E-state index contributed by atoms with van der Waals surface area (Å²) >= 11 is 0. The number of imidazole rings is 2. The molecule has 2 aliphatic heterocycles. The Labute approximate surface area is 287 Å². The molecule has 10 nitrogen and oxygen atoms in total. The van der Waals surface area contributed by atoms with Crippen LogP contribution in [0.2, 0.25) is 0 Å². The first-order valence-corrected chi connectivity index (χ1v) is 16.0. The third kappa shape index (κ3) is 4.87. The van der Waals surface area contributed by atoms with Gasteiger partial charge in [-0.25, -0.2) is 9.97 Å². The summed E-state index contributed by atoms with van der Waals surface area (Å²) in [5.74, 6) is 0.929. The smallest absolute Gasteiger partial charge is 0.160 e. The van der Waals surface area contributed by atoms with Gasteiger partial charge in [0.05, 0.1) is 33.2 Å². The van der Waals surface area contributed by atoms with E-state index in [2.05, 4.69) is 32.7 Å². The number of anilines is 2. The van der Waals surface area contributed by atoms with Crippen LogP contribution in [0.5, 0.6) is 0 Å². The average molecular weight is 655 g/mol. The third-order valence-corrected chi connectivity index (χ3v) is 9.42. The van der Waals surface area contributed by atoms with E-state index in [9.17, 15) is 20.7 Å². The molecule has 2 aliphatic rings. The standard InChI is InChI=1S/C40H30N8O2/c1-23-29(19-41)37-45-33-7-3-5-9-35(33)47(37)39(49)31(23)21-43-27-15-11-25(12-16-27)26-13-17-28(18-14-26)44-22-32-24(2)30(20-42)38-46-34-8-4-6-10-36(34)48(38)40(32)50/h3-18,21-22,39-40,43-44,49-50H,1-2H3. The molecule has 10 heteroatoms. The van der Waals surface area contributed by atoms with Gasteiger partial charge >= 0.3 is 0 Å². The van der Waals surface area contributed by atoms with Gasteiger partial charge in [0.1, 0.15) is 12.1 Å². The lowest BCUT2D eigenvalue weighted by Crippen LogP contribution is -2.20. The zero-order chi connectivity index (χ0) is 34.5. The molecule has 0 saturated heterocycles. The second-order valence-corrected chi connectivity index (χ2v) is 12.2. The van der Waals surface area contributed by atoms with Crippen LogP contribution in [0.15, 0.2) is 132 Å². The largest absolute Gasteiger partial charge is 0.369 e. The number of aliphatic hydroxyl groups is 2. The molecule has 2 aromatic heterocycles. The number of allylic oxidation sites excluding steroid dienone is 2. The fourth-order valence-electron chi connectivity index (χ4n) is 6.70. The van der Waals surface area contributed by atoms with Crippen LogP contribution in [0.3, 0.4) is 0 Å². The average Bonchev–Trinajstić information content (AvgIpc) is 3.72. The molecule has 4 heterocycles. The quantitative estimate of drug-likeness (QED) is 0.148. The van der Waals surface area contributed by atoms with Gasteiger partial charge in [0.2, 0.25) is 0 Å². The fourth-order valence-corrected chi connectivity index (χ4v) is 6.70. The number of nitriles is 2. The number of para-hydroxylation sites is 4. The van der Waals surface area contributed by atoms with Gasteiger partial charge in [0.25, 0.3) is 0 Å². The van der Waals surface area contributed by atoms with E-state index in [0.717, 1.165) is 44.6 Å². The molecule has 242 valence electrons. The maximum absolute atomic E-state index is 11.3. The number of aromatic nitrogens is 4. The number of nitrogens with zero attached hydrogens (tertiary/aromatic N) is 6. The molecule has 4 N–H and O–H groups in total. The molecular weight excluding hydrogens is 624 g/mol. The van der Waals surface area contributed by atoms with Gasteiger partial charge in [-0.2, -0.15) is 10.5 Å². The summed E-state index contributed by atoms with van der Waals surface area (Å²) in [5, 5.41) is 49.2. The SMILES string of the molecule is CC1=C(C#N)c2nc3ccccc3n2C(O)C1=CNc1ccc(-c2ccc(NC=C3C(C)=C(C#N)c4nc5ccccc5n4C3O)cc2)cc1. The van der Waals surface area contributed by atoms with Crippen molar-refractivity contribution in [3.05, 3.63) is 143 Å². The van der Waals surface area contributed by atoms with Crippen molar-refractivity contribution in [1.29, 1.82) is 10.5 Å². The molecule has 0 bridgehead atoms. The molecule has 50 heavy (non-hydrogen) atoms. The van der Waals surface area contributed by atoms with Crippen LogP contribution in [0, 0.1) is 22.7 Å². The molecule has 0 spiro atoms. The predicted molar refractivity (Wildman–Crippen MR) is 194 cm³/mol. The van der Waals surface area contributed by atoms with Crippen LogP contribution in [0.1, 0.15) is 38.0 Å². The molecule has 2 unspecified atom stereocenters. The van der Waals surface area contributed by atoms with Crippen LogP contribution >= 0.6 is 0 Å². The molecule has 0 radical (unpaired) electrons. The number of benzene rings is 4. The molecule has 0 saturated carbocycles. The Bertz CT molecular complexity index is 2370. The Morgan fingerprint density at radius 3 is 1.36 bits per heavy atom. The van der Waals surface area contributed by atoms with Crippen molar-refractivity contribution >= 4 is 44.6 Å². The molecule has 6 aromatic rings. The summed E-state index contributed by atoms with van der Waals surface area (Å²) in [6, 6.07) is 35.5. The second kappa shape index (κ2) is 12.1. The Morgan fingerprint density at radius 2 is 0.980 bits per heavy atom. The van der Waals surface area contributed by atoms with Crippen molar-refractivity contribution in [3.63, 3.8) is 0 Å². The van der Waals surface area contributed by atoms with Crippen molar-refractivity contribution in [2.24, 2.45) is 0 Å². The van der Waals surface area contributed by atoms with E-state index in [1.54, 1.807) is 21.5 Å². The first kappa shape index (κ1) is 30.6. The monoisotopic (exact) mass is 654 g/mol. The van der Waals surface area contributed by atoms with Gasteiger partial charge in [-0.05, 0) is 84.7 Å². The van der Waals surface area contributed by atoms with Crippen molar-refractivity contribution in [2.45, 2.75) is 26.3 Å². The molecular formula is C40H30N8O2. The van der Waals surface area contributed by atoms with Crippen molar-refractivity contribution in [1.82, 2.24) is 19.1 Å². The van der Waals surface area contributed by atoms with Gasteiger partial charge in [-0.15, -0.1) is 0 Å². The van der Waals surface area contributed by atoms with Crippen LogP contribution in [-0.4, -0.2) is 29.3 Å². The zero-order valence-electron chi connectivity index (χ0n) is 27.1. The maximum Gasteiger partial charge on any atom is 0.160 e. The normalized spacial score (nSPS) is 18.7. The van der Waals surface area contributed by atoms with E-state index in [1.165, 1.54) is 0 Å². The van der Waals surface area contributed by atoms with E-state index in [4.69, 9.17) is 0 Å². The van der Waals surface area contributed by atoms with Gasteiger partial charge in [0, 0.05) is 34.9 Å². The van der Waals surface area contributed by atoms with Gasteiger partial charge in [0.15, 0.2) is 24.1 Å². The Balaban J connectivity index is 0.990. The highest BCUT2D eigenvalue weighted by Crippen LogP contribution is 2.40. The summed E-state index contributed by atoms with van der Waals surface area (Å²) in [5.41, 5.74) is 10.0. The van der Waals surface area contributed by atoms with E-state index in [-0.39, 0.29) is 0 Å². The zero-order valence-corrected chi connectivity index (χ0v) is 27.1. The maximum atomic E-state index is 11.3. The topological polar surface area (TPSA) is 148 Å². The molecule has 8 rings (SSSR count). The Morgan fingerprint density at radius 1 is 0.600 bits per heavy atom. The number of nitrogens with one attached hydrogen (secondary N) is 2. The Hall–Kier alpha value is -6.72. The van der Waals surface area contributed by atoms with E-state index in [0.29, 0.717) is 45.1 Å². The highest BCUT2D eigenvalue weighted by molar-refractivity contribution is 5.89. The lowest BCUT2D eigenvalue weighted by molar-refractivity contribution is 0.145. The minimum absolute atomic E-state index is 0.429. The highest BCUT2D eigenvalue weighted by Gasteiger charge is 2.32. The molecule has 2 atom stereocenters. The predicted octanol–water partition coefficient (Wildman–Crippen LogP) is 7.65. The summed E-state index contributed by atoms with van der Waals surface area (Å²) in [4.78, 5) is 9.21. The number of rotatable bonds is 5. The summed E-state index contributed by atoms with van der Waals surface area (Å²) in [6.45, 7) is 3.65. The minimum atomic E-state index is -0.998. The van der Waals surface area contributed by atoms with Gasteiger partial charge in [-0.1, -0.05) is 48.5 Å². The Kier molecular flexibility index (Phi) is 7.38. The number of hydrogen-bond donors (Lipinski definition) is 4. The molecule has 0 fully saturated rings. The minimum Gasteiger partial charge on any atom is -0.369 e. The lowest BCUT2D eigenvalue weighted by atomic mass is 9.97. The number of fused-ring (bicyclic) bond motifs is 6. The number of aliphatic hydroxyl groups excluding tert-OH is 2. The number of hydrogen-bond acceptors (Lipinski definition) is 8. The summed E-state index contributed by atoms with van der Waals surface area (Å²) in [7, 11) is 0. The van der Waals surface area contributed by atoms with Crippen LogP contribution in [0.25, 0.3) is 44.3 Å². The first-order valence-electron chi connectivity index (χ1n) is 16.0. The lowest BCUT2D eigenvalue weighted by Gasteiger charge is -2.26. The molecule has 0 amide bonds. The summed E-state index contributed by atoms with van der Waals surface area (Å²) < 4.78 is 3.39. The molecule has 4 aromatic carbocycles. The van der Waals surface area contributed by atoms with E-state index in [1.807, 2.05) is 111 Å². The van der Waals surface area contributed by atoms with Gasteiger partial charge in [-0.3, -0.25) is 9.13 Å². The summed E-state index contributed by atoms with van der Waals surface area (Å²) in [6.07, 6.45) is 1.49. The molecule has 0 aliphatic carbocycles. The van der Waals surface area contributed by atoms with Gasteiger partial charge < -0.3 is 20.8 Å². The fraction of sp³-hybridized carbons (Fsp3) is 0.100. The van der Waals surface area contributed by atoms with Crippen molar-refractivity contribution < 1.29 is 10.2 Å². The first-order chi connectivity index (χ1) is 24.4. The van der Waals surface area contributed by atoms with Crippen LogP contribution in [-0.2, 0) is 0 Å². The van der Waals surface area contributed by atoms with Crippen molar-refractivity contribution in [2.75, 3.05) is 10.6 Å². The van der Waals surface area contributed by atoms with Crippen LogP contribution in [0.4, 0.5) is 11.4 Å². The van der Waals surface area contributed by atoms with E-state index >= 15 is 0 Å². The van der Waals surface area contributed by atoms with Crippen molar-refractivity contribution in [3.8, 4) is 23.3 Å². The third-order valence-electron chi connectivity index (χ3n) is 9.42. The van der Waals surface area contributed by atoms with Crippen LogP contribution < -0.4 is 10.6 Å². The second-order valence-electron chi connectivity index (χ2n) is 12.2. The van der Waals surface area contributed by atoms with E-state index < -0.39 is 12.5 Å². The highest BCUT2D eigenvalue weighted by atomic mass is 16.3.